The van der Waals surface area contributed by atoms with Crippen molar-refractivity contribution in [2.45, 2.75) is 52.5 Å². The van der Waals surface area contributed by atoms with Crippen molar-refractivity contribution in [2.24, 2.45) is 5.73 Å². The fourth-order valence-electron chi connectivity index (χ4n) is 3.67. The van der Waals surface area contributed by atoms with Crippen LogP contribution in [-0.2, 0) is 0 Å². The van der Waals surface area contributed by atoms with Crippen molar-refractivity contribution in [1.82, 2.24) is 9.47 Å². The van der Waals surface area contributed by atoms with E-state index in [0.717, 1.165) is 48.6 Å². The van der Waals surface area contributed by atoms with Crippen molar-refractivity contribution in [3.8, 4) is 5.69 Å². The molecule has 4 nitrogen and oxygen atoms in total. The molecule has 4 heteroatoms. The van der Waals surface area contributed by atoms with Crippen LogP contribution in [0.5, 0.6) is 0 Å². The van der Waals surface area contributed by atoms with E-state index < -0.39 is 0 Å². The number of nitrogens with zero attached hydrogens (tertiary/aromatic N) is 2. The van der Waals surface area contributed by atoms with Crippen LogP contribution in [0.2, 0.25) is 0 Å². The normalized spacial score (nSPS) is 15.8. The van der Waals surface area contributed by atoms with E-state index in [4.69, 9.17) is 5.73 Å². The SMILES string of the molecule is Cc1cc(C(=O)N2CCC(N)CC2)c(C)n1-c1cccc(C(C)C)c1. The summed E-state index contributed by atoms with van der Waals surface area (Å²) in [5, 5.41) is 0. The highest BCUT2D eigenvalue weighted by molar-refractivity contribution is 5.96. The molecule has 0 bridgehead atoms. The van der Waals surface area contributed by atoms with Gasteiger partial charge in [0.25, 0.3) is 5.91 Å². The van der Waals surface area contributed by atoms with E-state index >= 15 is 0 Å². The molecule has 1 aliphatic heterocycles. The predicted octanol–water partition coefficient (Wildman–Crippen LogP) is 3.78. The molecule has 0 unspecified atom stereocenters. The summed E-state index contributed by atoms with van der Waals surface area (Å²) in [6, 6.07) is 10.8. The number of carbonyl (C=O) groups is 1. The first-order valence-electron chi connectivity index (χ1n) is 9.22. The van der Waals surface area contributed by atoms with Crippen LogP contribution in [0.1, 0.15) is 59.9 Å². The third-order valence-electron chi connectivity index (χ3n) is 5.28. The fourth-order valence-corrected chi connectivity index (χ4v) is 3.67. The minimum absolute atomic E-state index is 0.131. The lowest BCUT2D eigenvalue weighted by molar-refractivity contribution is 0.0714. The molecule has 25 heavy (non-hydrogen) atoms. The van der Waals surface area contributed by atoms with Gasteiger partial charge in [0.15, 0.2) is 0 Å². The van der Waals surface area contributed by atoms with Crippen molar-refractivity contribution in [1.29, 1.82) is 0 Å². The van der Waals surface area contributed by atoms with Crippen molar-refractivity contribution >= 4 is 5.91 Å². The van der Waals surface area contributed by atoms with Crippen LogP contribution in [0.4, 0.5) is 0 Å². The zero-order valence-electron chi connectivity index (χ0n) is 15.7. The Hall–Kier alpha value is -2.07. The van der Waals surface area contributed by atoms with Gasteiger partial charge in [-0.1, -0.05) is 26.0 Å². The number of aromatic nitrogens is 1. The molecule has 134 valence electrons. The van der Waals surface area contributed by atoms with E-state index in [1.165, 1.54) is 5.56 Å². The summed E-state index contributed by atoms with van der Waals surface area (Å²) in [5.41, 5.74) is 11.3. The number of aryl methyl sites for hydroxylation is 1. The van der Waals surface area contributed by atoms with E-state index in [2.05, 4.69) is 49.6 Å². The Morgan fingerprint density at radius 1 is 1.16 bits per heavy atom. The number of benzene rings is 1. The van der Waals surface area contributed by atoms with Gasteiger partial charge in [-0.3, -0.25) is 4.79 Å². The smallest absolute Gasteiger partial charge is 0.255 e. The lowest BCUT2D eigenvalue weighted by atomic mass is 10.0. The Morgan fingerprint density at radius 3 is 2.48 bits per heavy atom. The summed E-state index contributed by atoms with van der Waals surface area (Å²) in [7, 11) is 0. The maximum absolute atomic E-state index is 13.0. The summed E-state index contributed by atoms with van der Waals surface area (Å²) >= 11 is 0. The highest BCUT2D eigenvalue weighted by Crippen LogP contribution is 2.25. The third-order valence-corrected chi connectivity index (χ3v) is 5.28. The van der Waals surface area contributed by atoms with Gasteiger partial charge in [0, 0.05) is 36.2 Å². The highest BCUT2D eigenvalue weighted by atomic mass is 16.2. The average molecular weight is 339 g/mol. The molecular formula is C21H29N3O. The second kappa shape index (κ2) is 7.04. The first-order chi connectivity index (χ1) is 11.9. The molecule has 0 saturated carbocycles. The minimum Gasteiger partial charge on any atom is -0.338 e. The number of amides is 1. The van der Waals surface area contributed by atoms with Gasteiger partial charge in [-0.25, -0.2) is 0 Å². The molecule has 1 aromatic heterocycles. The molecule has 1 aromatic carbocycles. The largest absolute Gasteiger partial charge is 0.338 e. The molecule has 0 aliphatic carbocycles. The zero-order chi connectivity index (χ0) is 18.1. The van der Waals surface area contributed by atoms with Gasteiger partial charge in [-0.2, -0.15) is 0 Å². The number of rotatable bonds is 3. The molecule has 0 atom stereocenters. The highest BCUT2D eigenvalue weighted by Gasteiger charge is 2.25. The van der Waals surface area contributed by atoms with Gasteiger partial charge in [-0.15, -0.1) is 0 Å². The van der Waals surface area contributed by atoms with Gasteiger partial charge in [0.2, 0.25) is 0 Å². The second-order valence-corrected chi connectivity index (χ2v) is 7.50. The molecule has 3 rings (SSSR count). The number of carbonyl (C=O) groups excluding carboxylic acids is 1. The van der Waals surface area contributed by atoms with E-state index in [1.54, 1.807) is 0 Å². The van der Waals surface area contributed by atoms with Gasteiger partial charge >= 0.3 is 0 Å². The lowest BCUT2D eigenvalue weighted by Crippen LogP contribution is -2.42. The van der Waals surface area contributed by atoms with Crippen LogP contribution < -0.4 is 5.73 Å². The lowest BCUT2D eigenvalue weighted by Gasteiger charge is -2.30. The summed E-state index contributed by atoms with van der Waals surface area (Å²) in [6.07, 6.45) is 1.78. The van der Waals surface area contributed by atoms with Gasteiger partial charge in [0.1, 0.15) is 0 Å². The summed E-state index contributed by atoms with van der Waals surface area (Å²) in [5.74, 6) is 0.612. The number of hydrogen-bond donors (Lipinski definition) is 1. The fraction of sp³-hybridized carbons (Fsp3) is 0.476. The third kappa shape index (κ3) is 3.49. The van der Waals surface area contributed by atoms with Crippen LogP contribution in [0, 0.1) is 13.8 Å². The van der Waals surface area contributed by atoms with Crippen LogP contribution in [0.25, 0.3) is 5.69 Å². The Kier molecular flexibility index (Phi) is 5.00. The summed E-state index contributed by atoms with van der Waals surface area (Å²) < 4.78 is 2.19. The van der Waals surface area contributed by atoms with E-state index in [0.29, 0.717) is 5.92 Å². The van der Waals surface area contributed by atoms with E-state index in [9.17, 15) is 4.79 Å². The molecule has 2 aromatic rings. The molecule has 0 spiro atoms. The first kappa shape index (κ1) is 17.7. The van der Waals surface area contributed by atoms with Gasteiger partial charge in [0.05, 0.1) is 5.56 Å². The number of likely N-dealkylation sites (tertiary alicyclic amines) is 1. The number of piperidine rings is 1. The Bertz CT molecular complexity index is 767. The van der Waals surface area contributed by atoms with Crippen molar-refractivity contribution in [3.05, 3.63) is 52.8 Å². The standard InChI is InChI=1S/C21H29N3O/c1-14(2)17-6-5-7-19(13-17)24-15(3)12-20(16(24)4)21(25)23-10-8-18(22)9-11-23/h5-7,12-14,18H,8-11,22H2,1-4H3. The molecule has 1 amide bonds. The Labute approximate surface area is 150 Å². The average Bonchev–Trinajstić information content (AvgIpc) is 2.89. The molecular weight excluding hydrogens is 310 g/mol. The second-order valence-electron chi connectivity index (χ2n) is 7.50. The van der Waals surface area contributed by atoms with Crippen molar-refractivity contribution < 1.29 is 4.79 Å². The predicted molar refractivity (Wildman–Crippen MR) is 102 cm³/mol. The van der Waals surface area contributed by atoms with Crippen molar-refractivity contribution in [3.63, 3.8) is 0 Å². The Balaban J connectivity index is 1.93. The van der Waals surface area contributed by atoms with Crippen LogP contribution in [0.15, 0.2) is 30.3 Å². The maximum atomic E-state index is 13.0. The molecule has 2 N–H and O–H groups in total. The quantitative estimate of drug-likeness (QED) is 0.925. The summed E-state index contributed by atoms with van der Waals surface area (Å²) in [6.45, 7) is 10.0. The molecule has 0 radical (unpaired) electrons. The van der Waals surface area contributed by atoms with Crippen LogP contribution in [-0.4, -0.2) is 34.5 Å². The number of nitrogens with two attached hydrogens (primary N) is 1. The molecule has 1 aliphatic rings. The first-order valence-corrected chi connectivity index (χ1v) is 9.22. The summed E-state index contributed by atoms with van der Waals surface area (Å²) in [4.78, 5) is 14.9. The molecule has 1 saturated heterocycles. The van der Waals surface area contributed by atoms with Crippen LogP contribution >= 0.6 is 0 Å². The van der Waals surface area contributed by atoms with E-state index in [1.807, 2.05) is 17.9 Å². The number of hydrogen-bond acceptors (Lipinski definition) is 2. The van der Waals surface area contributed by atoms with Crippen LogP contribution in [0.3, 0.4) is 0 Å². The topological polar surface area (TPSA) is 51.3 Å². The van der Waals surface area contributed by atoms with Gasteiger partial charge < -0.3 is 15.2 Å². The minimum atomic E-state index is 0.131. The van der Waals surface area contributed by atoms with E-state index in [-0.39, 0.29) is 11.9 Å². The monoisotopic (exact) mass is 339 g/mol. The molecule has 2 heterocycles. The van der Waals surface area contributed by atoms with Crippen molar-refractivity contribution in [2.75, 3.05) is 13.1 Å². The molecule has 1 fully saturated rings. The maximum Gasteiger partial charge on any atom is 0.255 e. The Morgan fingerprint density at radius 2 is 1.84 bits per heavy atom. The zero-order valence-corrected chi connectivity index (χ0v) is 15.7. The van der Waals surface area contributed by atoms with Gasteiger partial charge in [-0.05, 0) is 56.4 Å².